The molecular weight excluding hydrogens is 841 g/mol. The van der Waals surface area contributed by atoms with Crippen LogP contribution in [-0.2, 0) is 25.5 Å². The van der Waals surface area contributed by atoms with Crippen LogP contribution in [0.15, 0.2) is 65.4 Å². The maximum absolute atomic E-state index is 13.9. The lowest BCUT2D eigenvalue weighted by atomic mass is 9.88. The van der Waals surface area contributed by atoms with E-state index in [2.05, 4.69) is 85.1 Å². The number of fused-ring (bicyclic) bond motifs is 2. The van der Waals surface area contributed by atoms with Crippen molar-refractivity contribution in [1.29, 1.82) is 0 Å². The number of nitrogens with one attached hydrogen (secondary N) is 4. The van der Waals surface area contributed by atoms with E-state index in [9.17, 15) is 19.2 Å². The first-order valence-electron chi connectivity index (χ1n) is 23.3. The van der Waals surface area contributed by atoms with E-state index in [1.807, 2.05) is 37.5 Å². The Labute approximate surface area is 384 Å². The lowest BCUT2D eigenvalue weighted by molar-refractivity contribution is -0.136. The van der Waals surface area contributed by atoms with Crippen molar-refractivity contribution in [2.75, 3.05) is 32.2 Å². The van der Waals surface area contributed by atoms with Crippen LogP contribution in [0.5, 0.6) is 0 Å². The minimum atomic E-state index is -0.713. The van der Waals surface area contributed by atoms with Gasteiger partial charge in [-0.05, 0) is 105 Å². The minimum absolute atomic E-state index is 0.0529. The van der Waals surface area contributed by atoms with Gasteiger partial charge in [0.05, 0.1) is 55.3 Å². The predicted molar refractivity (Wildman–Crippen MR) is 247 cm³/mol. The van der Waals surface area contributed by atoms with Gasteiger partial charge < -0.3 is 49.2 Å². The first-order valence-corrected chi connectivity index (χ1v) is 23.3. The molecule has 3 saturated heterocycles. The SMILES string of the molecule is COC(=O)N[C@H](C(=O)N1CCC[C@H]1c1nc2c([nH]1)CC([C@H]1CC[C@H](c3ccc4nc([C@@H]5CCCN5C(=O)[C@@H](NC(=O)OC)C(C)C)[nH]c4c3)N1c1ccc(-c3ncco3)cc1)C=C2)C(C)C. The molecule has 1 aliphatic carbocycles. The average Bonchev–Trinajstić information content (AvgIpc) is 4.18. The summed E-state index contributed by atoms with van der Waals surface area (Å²) in [5, 5.41) is 5.48. The summed E-state index contributed by atoms with van der Waals surface area (Å²) in [4.78, 5) is 80.1. The highest BCUT2D eigenvalue weighted by molar-refractivity contribution is 5.87. The van der Waals surface area contributed by atoms with Crippen LogP contribution < -0.4 is 15.5 Å². The number of rotatable bonds is 12. The number of methoxy groups -OCH3 is 2. The number of imidazole rings is 2. The first kappa shape index (κ1) is 44.5. The first-order chi connectivity index (χ1) is 31.9. The van der Waals surface area contributed by atoms with E-state index in [1.54, 1.807) is 12.5 Å². The van der Waals surface area contributed by atoms with E-state index in [-0.39, 0.29) is 53.7 Å². The number of alkyl carbamates (subject to hydrolysis) is 2. The van der Waals surface area contributed by atoms with Crippen LogP contribution in [0.25, 0.3) is 28.6 Å². The standard InChI is InChI=1S/C49H60N10O7/c1-27(2)41(55-48(62)64-5)46(60)57-22-7-9-39(57)43-51-33-17-13-30(25-35(33)53-43)37-19-20-38(59(37)32-15-11-29(12-16-32)45-50-21-24-66-45)31-14-18-34-36(26-31)54-44(52-34)40-10-8-23-58(40)47(61)42(28(3)4)56-49(63)65-6/h11-18,21,24-25,27-28,31,37-42H,7-10,19-20,22-23,26H2,1-6H3,(H,51,53)(H,52,54)(H,55,62)(H,56,63)/t31?,37-,38-,39+,40+,41+,42+/m1/s1. The molecule has 66 heavy (non-hydrogen) atoms. The third-order valence-corrected chi connectivity index (χ3v) is 13.9. The Balaban J connectivity index is 0.976. The number of likely N-dealkylation sites (tertiary alicyclic amines) is 2. The second kappa shape index (κ2) is 18.7. The molecular formula is C49H60N10O7. The second-order valence-electron chi connectivity index (χ2n) is 18.7. The molecule has 3 aromatic heterocycles. The number of amides is 4. The third-order valence-electron chi connectivity index (χ3n) is 13.9. The Kier molecular flexibility index (Phi) is 12.6. The number of carbonyl (C=O) groups is 4. The summed E-state index contributed by atoms with van der Waals surface area (Å²) in [6, 6.07) is 13.2. The third kappa shape index (κ3) is 8.62. The van der Waals surface area contributed by atoms with Crippen LogP contribution in [0.2, 0.25) is 0 Å². The van der Waals surface area contributed by atoms with Gasteiger partial charge in [0.1, 0.15) is 30.0 Å². The van der Waals surface area contributed by atoms with Gasteiger partial charge in [0.15, 0.2) is 0 Å². The van der Waals surface area contributed by atoms with E-state index >= 15 is 0 Å². The molecule has 2 aromatic carbocycles. The molecule has 6 heterocycles. The zero-order chi connectivity index (χ0) is 46.2. The molecule has 348 valence electrons. The van der Waals surface area contributed by atoms with E-state index in [0.29, 0.717) is 19.0 Å². The lowest BCUT2D eigenvalue weighted by Crippen LogP contribution is -2.51. The fraction of sp³-hybridized carbons (Fsp3) is 0.490. The zero-order valence-corrected chi connectivity index (χ0v) is 38.5. The van der Waals surface area contributed by atoms with E-state index in [4.69, 9.17) is 23.9 Å². The maximum Gasteiger partial charge on any atom is 0.407 e. The Hall–Kier alpha value is -6.65. The van der Waals surface area contributed by atoms with Crippen molar-refractivity contribution in [3.63, 3.8) is 0 Å². The summed E-state index contributed by atoms with van der Waals surface area (Å²) < 4.78 is 15.3. The van der Waals surface area contributed by atoms with Gasteiger partial charge in [-0.2, -0.15) is 0 Å². The van der Waals surface area contributed by atoms with Gasteiger partial charge in [0.2, 0.25) is 17.7 Å². The molecule has 0 radical (unpaired) electrons. The van der Waals surface area contributed by atoms with Crippen LogP contribution in [0.4, 0.5) is 15.3 Å². The fourth-order valence-electron chi connectivity index (χ4n) is 10.6. The van der Waals surface area contributed by atoms with Gasteiger partial charge in [-0.15, -0.1) is 0 Å². The van der Waals surface area contributed by atoms with Gasteiger partial charge in [-0.25, -0.2) is 24.5 Å². The summed E-state index contributed by atoms with van der Waals surface area (Å²) in [7, 11) is 2.60. The summed E-state index contributed by atoms with van der Waals surface area (Å²) in [5.41, 5.74) is 6.84. The zero-order valence-electron chi connectivity index (χ0n) is 38.5. The summed E-state index contributed by atoms with van der Waals surface area (Å²) in [5.74, 6) is 1.72. The highest BCUT2D eigenvalue weighted by atomic mass is 16.5. The van der Waals surface area contributed by atoms with Crippen molar-refractivity contribution in [3.8, 4) is 11.5 Å². The topological polar surface area (TPSA) is 204 Å². The van der Waals surface area contributed by atoms with E-state index < -0.39 is 24.3 Å². The predicted octanol–water partition coefficient (Wildman–Crippen LogP) is 7.63. The number of hydrogen-bond acceptors (Lipinski definition) is 11. The van der Waals surface area contributed by atoms with Crippen LogP contribution in [0.1, 0.15) is 113 Å². The number of aromatic nitrogens is 5. The number of hydrogen-bond donors (Lipinski definition) is 4. The Bertz CT molecular complexity index is 2580. The number of H-pyrrole nitrogens is 2. The van der Waals surface area contributed by atoms with Crippen molar-refractivity contribution < 1.29 is 33.1 Å². The van der Waals surface area contributed by atoms with Crippen molar-refractivity contribution in [3.05, 3.63) is 89.6 Å². The number of benzene rings is 2. The normalized spacial score (nSPS) is 22.5. The molecule has 0 saturated carbocycles. The molecule has 0 bridgehead atoms. The number of carbonyl (C=O) groups excluding carboxylic acids is 4. The van der Waals surface area contributed by atoms with Gasteiger partial charge in [-0.1, -0.05) is 39.8 Å². The number of oxazole rings is 1. The number of ether oxygens (including phenoxy) is 2. The van der Waals surface area contributed by atoms with Crippen LogP contribution >= 0.6 is 0 Å². The quantitative estimate of drug-likeness (QED) is 0.0959. The monoisotopic (exact) mass is 900 g/mol. The minimum Gasteiger partial charge on any atom is -0.453 e. The van der Waals surface area contributed by atoms with Crippen molar-refractivity contribution in [2.45, 2.75) is 109 Å². The average molecular weight is 901 g/mol. The molecule has 4 amide bonds. The molecule has 17 heteroatoms. The Morgan fingerprint density at radius 2 is 1.41 bits per heavy atom. The van der Waals surface area contributed by atoms with Crippen LogP contribution in [0.3, 0.4) is 0 Å². The molecule has 5 aromatic rings. The summed E-state index contributed by atoms with van der Waals surface area (Å²) >= 11 is 0. The second-order valence-corrected chi connectivity index (χ2v) is 18.7. The van der Waals surface area contributed by atoms with Gasteiger partial charge in [0.25, 0.3) is 0 Å². The number of anilines is 1. The molecule has 17 nitrogen and oxygen atoms in total. The van der Waals surface area contributed by atoms with Crippen LogP contribution in [0, 0.1) is 17.8 Å². The molecule has 0 spiro atoms. The van der Waals surface area contributed by atoms with Crippen molar-refractivity contribution >= 4 is 46.8 Å². The molecule has 4 N–H and O–H groups in total. The smallest absolute Gasteiger partial charge is 0.407 e. The maximum atomic E-state index is 13.9. The Morgan fingerprint density at radius 1 is 0.773 bits per heavy atom. The van der Waals surface area contributed by atoms with Gasteiger partial charge in [-0.3, -0.25) is 9.59 Å². The summed E-state index contributed by atoms with van der Waals surface area (Å²) in [6.45, 7) is 8.83. The van der Waals surface area contributed by atoms with Crippen LogP contribution in [-0.4, -0.2) is 104 Å². The number of aromatic amines is 2. The molecule has 1 unspecified atom stereocenters. The van der Waals surface area contributed by atoms with Crippen molar-refractivity contribution in [1.82, 2.24) is 45.4 Å². The van der Waals surface area contributed by atoms with Gasteiger partial charge >= 0.3 is 12.2 Å². The van der Waals surface area contributed by atoms with E-state index in [0.717, 1.165) is 95.8 Å². The number of nitrogens with zero attached hydrogens (tertiary/aromatic N) is 6. The molecule has 3 fully saturated rings. The van der Waals surface area contributed by atoms with Gasteiger partial charge in [0, 0.05) is 42.0 Å². The molecule has 3 aliphatic heterocycles. The fourth-order valence-corrected chi connectivity index (χ4v) is 10.6. The molecule has 4 aliphatic rings. The largest absolute Gasteiger partial charge is 0.453 e. The Morgan fingerprint density at radius 3 is 2.00 bits per heavy atom. The van der Waals surface area contributed by atoms with Crippen molar-refractivity contribution in [2.24, 2.45) is 17.8 Å². The summed E-state index contributed by atoms with van der Waals surface area (Å²) in [6.07, 6.45) is 12.3. The van der Waals surface area contributed by atoms with E-state index in [1.165, 1.54) is 14.2 Å². The molecule has 7 atom stereocenters. The highest BCUT2D eigenvalue weighted by Crippen LogP contribution is 2.46. The molecule has 9 rings (SSSR count). The highest BCUT2D eigenvalue weighted by Gasteiger charge is 2.42. The lowest BCUT2D eigenvalue weighted by Gasteiger charge is -2.37.